The number of methoxy groups -OCH3 is 1. The summed E-state index contributed by atoms with van der Waals surface area (Å²) >= 11 is 13.8. The molecule has 1 fully saturated rings. The molecular formula is C29H26Cl2N4O3S. The van der Waals surface area contributed by atoms with Crippen LogP contribution < -0.4 is 15.4 Å². The maximum atomic E-state index is 13.7. The van der Waals surface area contributed by atoms with Crippen LogP contribution in [0.5, 0.6) is 5.75 Å². The van der Waals surface area contributed by atoms with E-state index in [1.807, 2.05) is 31.2 Å². The van der Waals surface area contributed by atoms with Crippen LogP contribution in [0.25, 0.3) is 0 Å². The van der Waals surface area contributed by atoms with Crippen LogP contribution in [0, 0.1) is 0 Å². The van der Waals surface area contributed by atoms with Gasteiger partial charge < -0.3 is 20.3 Å². The van der Waals surface area contributed by atoms with Crippen LogP contribution in [0.15, 0.2) is 83.0 Å². The van der Waals surface area contributed by atoms with Gasteiger partial charge >= 0.3 is 0 Å². The first-order valence-corrected chi connectivity index (χ1v) is 14.1. The van der Waals surface area contributed by atoms with Gasteiger partial charge in [0.2, 0.25) is 0 Å². The lowest BCUT2D eigenvalue weighted by atomic mass is 9.93. The Labute approximate surface area is 241 Å². The summed E-state index contributed by atoms with van der Waals surface area (Å²) in [6.07, 6.45) is 0.973. The number of allylic oxidation sites excluding steroid dienone is 1. The number of carbonyl (C=O) groups excluding carboxylic acids is 2. The topological polar surface area (TPSA) is 83.0 Å². The van der Waals surface area contributed by atoms with Crippen molar-refractivity contribution < 1.29 is 14.3 Å². The smallest absolute Gasteiger partial charge is 0.255 e. The van der Waals surface area contributed by atoms with E-state index in [2.05, 4.69) is 15.5 Å². The number of amidine groups is 1. The highest BCUT2D eigenvalue weighted by molar-refractivity contribution is 8.13. The summed E-state index contributed by atoms with van der Waals surface area (Å²) in [7, 11) is 1.60. The number of ether oxygens (including phenoxy) is 1. The molecule has 0 aromatic heterocycles. The van der Waals surface area contributed by atoms with E-state index in [0.29, 0.717) is 44.0 Å². The van der Waals surface area contributed by atoms with E-state index < -0.39 is 0 Å². The van der Waals surface area contributed by atoms with Crippen molar-refractivity contribution in [2.24, 2.45) is 4.99 Å². The molecule has 2 aliphatic rings. The number of nitrogens with one attached hydrogen (secondary N) is 2. The second kappa shape index (κ2) is 11.7. The number of carbonyl (C=O) groups is 2. The minimum Gasteiger partial charge on any atom is -0.497 e. The third kappa shape index (κ3) is 5.93. The molecule has 200 valence electrons. The van der Waals surface area contributed by atoms with Gasteiger partial charge in [-0.2, -0.15) is 0 Å². The zero-order valence-electron chi connectivity index (χ0n) is 21.3. The molecule has 3 aromatic rings. The molecule has 2 amide bonds. The average Bonchev–Trinajstić information content (AvgIpc) is 2.94. The number of amides is 2. The van der Waals surface area contributed by atoms with Crippen molar-refractivity contribution in [2.45, 2.75) is 19.4 Å². The highest BCUT2D eigenvalue weighted by Gasteiger charge is 2.37. The first kappa shape index (κ1) is 27.1. The number of aliphatic imine (C=N–C) groups is 1. The Morgan fingerprint density at radius 1 is 0.974 bits per heavy atom. The third-order valence-electron chi connectivity index (χ3n) is 6.49. The number of anilines is 2. The molecule has 7 nitrogen and oxygen atoms in total. The Balaban J connectivity index is 1.46. The summed E-state index contributed by atoms with van der Waals surface area (Å²) in [6.45, 7) is 2.63. The quantitative estimate of drug-likeness (QED) is 0.327. The third-order valence-corrected chi connectivity index (χ3v) is 8.31. The molecule has 0 saturated carbocycles. The van der Waals surface area contributed by atoms with Gasteiger partial charge in [0.1, 0.15) is 5.75 Å². The molecule has 2 heterocycles. The van der Waals surface area contributed by atoms with E-state index in [-0.39, 0.29) is 17.9 Å². The first-order chi connectivity index (χ1) is 18.8. The van der Waals surface area contributed by atoms with Gasteiger partial charge in [-0.1, -0.05) is 47.1 Å². The number of nitrogens with zero attached hydrogens (tertiary/aromatic N) is 2. The van der Waals surface area contributed by atoms with Crippen LogP contribution in [0.4, 0.5) is 11.4 Å². The summed E-state index contributed by atoms with van der Waals surface area (Å²) in [4.78, 5) is 33.6. The van der Waals surface area contributed by atoms with Crippen LogP contribution in [0.3, 0.4) is 0 Å². The molecule has 2 N–H and O–H groups in total. The molecular weight excluding hydrogens is 555 g/mol. The van der Waals surface area contributed by atoms with Crippen molar-refractivity contribution in [3.05, 3.63) is 99.2 Å². The summed E-state index contributed by atoms with van der Waals surface area (Å²) < 4.78 is 5.23. The summed E-state index contributed by atoms with van der Waals surface area (Å²) in [5.74, 6) is 1.14. The minimum absolute atomic E-state index is 0.230. The van der Waals surface area contributed by atoms with Gasteiger partial charge in [-0.15, -0.1) is 0 Å². The molecule has 2 aliphatic heterocycles. The molecule has 3 aromatic carbocycles. The first-order valence-electron chi connectivity index (χ1n) is 12.3. The summed E-state index contributed by atoms with van der Waals surface area (Å²) in [5.41, 5.74) is 3.75. The van der Waals surface area contributed by atoms with Gasteiger partial charge in [-0.3, -0.25) is 9.59 Å². The standard InChI is InChI=1S/C29H26Cl2N4O3S/c1-17-25(28(37)33-20-8-10-22(38-2)11-9-20)26(35-13-4-14-39-29(35)32-17)18-5-3-6-21(15-18)34-27(36)19-7-12-23(30)24(31)16-19/h3,5-12,15-16,26H,4,13-14H2,1-2H3,(H,33,37)(H,34,36)/t26-/m0/s1. The Morgan fingerprint density at radius 2 is 1.74 bits per heavy atom. The summed E-state index contributed by atoms with van der Waals surface area (Å²) in [5, 5.41) is 7.55. The van der Waals surface area contributed by atoms with Crippen molar-refractivity contribution in [1.82, 2.24) is 4.90 Å². The van der Waals surface area contributed by atoms with Crippen LogP contribution in [0.2, 0.25) is 10.0 Å². The molecule has 10 heteroatoms. The van der Waals surface area contributed by atoms with E-state index in [0.717, 1.165) is 29.4 Å². The molecule has 0 unspecified atom stereocenters. The van der Waals surface area contributed by atoms with Crippen molar-refractivity contribution in [3.63, 3.8) is 0 Å². The Morgan fingerprint density at radius 3 is 2.49 bits per heavy atom. The molecule has 0 radical (unpaired) electrons. The van der Waals surface area contributed by atoms with E-state index in [1.54, 1.807) is 55.3 Å². The van der Waals surface area contributed by atoms with E-state index in [1.165, 1.54) is 6.07 Å². The lowest BCUT2D eigenvalue weighted by Crippen LogP contribution is -2.43. The average molecular weight is 582 g/mol. The lowest BCUT2D eigenvalue weighted by molar-refractivity contribution is -0.113. The van der Waals surface area contributed by atoms with Crippen molar-refractivity contribution in [2.75, 3.05) is 30.0 Å². The van der Waals surface area contributed by atoms with E-state index in [9.17, 15) is 9.59 Å². The van der Waals surface area contributed by atoms with Crippen molar-refractivity contribution >= 4 is 63.3 Å². The number of hydrogen-bond acceptors (Lipinski definition) is 6. The minimum atomic E-state index is -0.370. The Bertz CT molecular complexity index is 1490. The lowest BCUT2D eigenvalue weighted by Gasteiger charge is -2.41. The van der Waals surface area contributed by atoms with Crippen LogP contribution in [-0.4, -0.2) is 41.3 Å². The van der Waals surface area contributed by atoms with Crippen LogP contribution in [-0.2, 0) is 4.79 Å². The number of thioether (sulfide) groups is 1. The Hall–Kier alpha value is -3.46. The molecule has 0 aliphatic carbocycles. The largest absolute Gasteiger partial charge is 0.497 e. The number of benzene rings is 3. The maximum Gasteiger partial charge on any atom is 0.255 e. The maximum absolute atomic E-state index is 13.7. The van der Waals surface area contributed by atoms with E-state index in [4.69, 9.17) is 32.9 Å². The second-order valence-electron chi connectivity index (χ2n) is 9.08. The number of fused-ring (bicyclic) bond motifs is 1. The fourth-order valence-electron chi connectivity index (χ4n) is 4.61. The normalized spacial score (nSPS) is 16.8. The molecule has 5 rings (SSSR count). The van der Waals surface area contributed by atoms with Gasteiger partial charge in [0.15, 0.2) is 5.17 Å². The molecule has 0 bridgehead atoms. The molecule has 1 saturated heterocycles. The molecule has 1 atom stereocenters. The fourth-order valence-corrected chi connectivity index (χ4v) is 5.92. The van der Waals surface area contributed by atoms with Crippen LogP contribution >= 0.6 is 35.0 Å². The zero-order valence-corrected chi connectivity index (χ0v) is 23.7. The SMILES string of the molecule is COc1ccc(NC(=O)C2=C(C)N=C3SCCCN3[C@H]2c2cccc(NC(=O)c3ccc(Cl)c(Cl)c3)c2)cc1. The molecule has 39 heavy (non-hydrogen) atoms. The van der Waals surface area contributed by atoms with Crippen molar-refractivity contribution in [3.8, 4) is 5.75 Å². The van der Waals surface area contributed by atoms with Gasteiger partial charge in [-0.05, 0) is 73.5 Å². The highest BCUT2D eigenvalue weighted by atomic mass is 35.5. The van der Waals surface area contributed by atoms with Gasteiger partial charge in [0.05, 0.1) is 34.5 Å². The fraction of sp³-hybridized carbons (Fsp3) is 0.207. The highest BCUT2D eigenvalue weighted by Crippen LogP contribution is 2.40. The van der Waals surface area contributed by atoms with Gasteiger partial charge in [-0.25, -0.2) is 4.99 Å². The predicted molar refractivity (Wildman–Crippen MR) is 159 cm³/mol. The predicted octanol–water partition coefficient (Wildman–Crippen LogP) is 7.02. The number of hydrogen-bond donors (Lipinski definition) is 2. The second-order valence-corrected chi connectivity index (χ2v) is 11.0. The number of halogens is 2. The van der Waals surface area contributed by atoms with Crippen molar-refractivity contribution in [1.29, 1.82) is 0 Å². The number of rotatable bonds is 6. The van der Waals surface area contributed by atoms with Gasteiger partial charge in [0, 0.05) is 29.2 Å². The Kier molecular flexibility index (Phi) is 8.16. The zero-order chi connectivity index (χ0) is 27.5. The monoisotopic (exact) mass is 580 g/mol. The van der Waals surface area contributed by atoms with Crippen LogP contribution in [0.1, 0.15) is 35.3 Å². The molecule has 0 spiro atoms. The van der Waals surface area contributed by atoms with Gasteiger partial charge in [0.25, 0.3) is 11.8 Å². The summed E-state index contributed by atoms with van der Waals surface area (Å²) in [6, 6.07) is 19.1. The van der Waals surface area contributed by atoms with E-state index >= 15 is 0 Å².